The molecular formula is C59H44GeN4. The molecule has 0 saturated heterocycles. The van der Waals surface area contributed by atoms with Crippen LogP contribution in [-0.4, -0.2) is 32.8 Å². The van der Waals surface area contributed by atoms with Crippen molar-refractivity contribution in [3.8, 4) is 51.0 Å². The zero-order valence-corrected chi connectivity index (χ0v) is 37.8. The molecule has 9 aromatic carbocycles. The van der Waals surface area contributed by atoms with Crippen molar-refractivity contribution in [2.45, 2.75) is 13.8 Å². The normalized spacial score (nSPS) is 11.6. The number of aromatic nitrogens is 4. The summed E-state index contributed by atoms with van der Waals surface area (Å²) in [5.74, 6) is 1.88. The second kappa shape index (κ2) is 16.6. The van der Waals surface area contributed by atoms with Crippen LogP contribution in [0.5, 0.6) is 0 Å². The van der Waals surface area contributed by atoms with Gasteiger partial charge >= 0.3 is 304 Å². The van der Waals surface area contributed by atoms with Gasteiger partial charge in [0, 0.05) is 0 Å². The molecule has 0 N–H and O–H groups in total. The number of benzene rings is 9. The van der Waals surface area contributed by atoms with Gasteiger partial charge in [-0.15, -0.1) is 0 Å². The molecule has 0 unspecified atom stereocenters. The molecule has 11 rings (SSSR count). The maximum atomic E-state index is 5.26. The molecule has 2 heterocycles. The molecule has 0 aliphatic heterocycles. The summed E-state index contributed by atoms with van der Waals surface area (Å²) in [7, 11) is 0. The topological polar surface area (TPSA) is 43.6 Å². The van der Waals surface area contributed by atoms with Gasteiger partial charge in [0.05, 0.1) is 0 Å². The first-order valence-electron chi connectivity index (χ1n) is 21.9. The van der Waals surface area contributed by atoms with Gasteiger partial charge in [0.15, 0.2) is 0 Å². The van der Waals surface area contributed by atoms with Gasteiger partial charge in [-0.3, -0.25) is 0 Å². The van der Waals surface area contributed by atoms with E-state index in [-0.39, 0.29) is 0 Å². The Hall–Kier alpha value is -7.67. The van der Waals surface area contributed by atoms with Gasteiger partial charge in [-0.2, -0.15) is 0 Å². The summed E-state index contributed by atoms with van der Waals surface area (Å²) in [6.45, 7) is 4.34. The van der Waals surface area contributed by atoms with Crippen molar-refractivity contribution in [1.82, 2.24) is 19.5 Å². The van der Waals surface area contributed by atoms with Crippen molar-refractivity contribution in [2.75, 3.05) is 0 Å². The Morgan fingerprint density at radius 2 is 0.719 bits per heavy atom. The number of aryl methyl sites for hydroxylation is 2. The third-order valence-electron chi connectivity index (χ3n) is 12.5. The summed E-state index contributed by atoms with van der Waals surface area (Å²) < 4.78 is 7.99. The number of fused-ring (bicyclic) bond motifs is 3. The Morgan fingerprint density at radius 1 is 0.328 bits per heavy atom. The second-order valence-electron chi connectivity index (χ2n) is 16.6. The van der Waals surface area contributed by atoms with Crippen LogP contribution < -0.4 is 17.6 Å². The Bertz CT molecular complexity index is 3210. The molecule has 0 spiro atoms. The minimum absolute atomic E-state index is 0.616. The Morgan fingerprint density at radius 3 is 1.17 bits per heavy atom. The summed E-state index contributed by atoms with van der Waals surface area (Å²) >= 11 is -3.45. The van der Waals surface area contributed by atoms with Crippen molar-refractivity contribution in [3.05, 3.63) is 242 Å². The maximum absolute atomic E-state index is 5.26. The minimum atomic E-state index is -3.45. The molecular weight excluding hydrogens is 837 g/mol. The average molecular weight is 882 g/mol. The quantitative estimate of drug-likeness (QED) is 0.136. The van der Waals surface area contributed by atoms with Crippen LogP contribution >= 0.6 is 0 Å². The second-order valence-corrected chi connectivity index (χ2v) is 24.6. The molecule has 4 nitrogen and oxygen atoms in total. The van der Waals surface area contributed by atoms with E-state index in [9.17, 15) is 0 Å². The molecule has 0 amide bonds. The third-order valence-corrected chi connectivity index (χ3v) is 22.6. The van der Waals surface area contributed by atoms with E-state index in [1.165, 1.54) is 39.5 Å². The van der Waals surface area contributed by atoms with Crippen molar-refractivity contribution in [3.63, 3.8) is 0 Å². The third kappa shape index (κ3) is 6.93. The Labute approximate surface area is 376 Å². The summed E-state index contributed by atoms with van der Waals surface area (Å²) in [6, 6.07) is 83.7. The summed E-state index contributed by atoms with van der Waals surface area (Å²) in [5.41, 5.74) is 10.8. The fourth-order valence-corrected chi connectivity index (χ4v) is 19.5. The Balaban J connectivity index is 1.15. The van der Waals surface area contributed by atoms with Crippen LogP contribution in [0.15, 0.2) is 231 Å². The van der Waals surface area contributed by atoms with Gasteiger partial charge in [0.1, 0.15) is 0 Å². The summed E-state index contributed by atoms with van der Waals surface area (Å²) in [6.07, 6.45) is 0. The van der Waals surface area contributed by atoms with Crippen molar-refractivity contribution in [2.24, 2.45) is 0 Å². The summed E-state index contributed by atoms with van der Waals surface area (Å²) in [5, 5.41) is 2.44. The number of hydrogen-bond acceptors (Lipinski definition) is 3. The van der Waals surface area contributed by atoms with Gasteiger partial charge in [-0.05, 0) is 13.8 Å². The van der Waals surface area contributed by atoms with Crippen LogP contribution in [0.3, 0.4) is 0 Å². The predicted molar refractivity (Wildman–Crippen MR) is 269 cm³/mol. The van der Waals surface area contributed by atoms with Crippen LogP contribution in [0.4, 0.5) is 0 Å². The van der Waals surface area contributed by atoms with E-state index in [2.05, 4.69) is 213 Å². The number of nitrogens with zero attached hydrogens (tertiary/aromatic N) is 4. The average Bonchev–Trinajstić information content (AvgIpc) is 3.68. The van der Waals surface area contributed by atoms with Crippen LogP contribution in [0, 0.1) is 13.8 Å². The molecule has 11 aromatic rings. The zero-order valence-electron chi connectivity index (χ0n) is 35.7. The standard InChI is InChI=1S/C59H44GeN4/c1-41-28-36-54-52(38-41)53-39-42(2)29-37-55(53)64(54)56-40-46(32-35-51(56)59-62-57(44-18-8-3-9-19-44)61-58(63-59)45-20-10-4-11-21-45)43-30-33-50(34-31-43)60(47-22-12-5-13-23-47,48-24-14-6-15-25-48)49-26-16-7-17-27-49/h3-40H,1-2H3. The first-order valence-corrected chi connectivity index (χ1v) is 26.0. The number of hydrogen-bond donors (Lipinski definition) is 0. The molecule has 0 bridgehead atoms. The van der Waals surface area contributed by atoms with Crippen LogP contribution in [-0.2, 0) is 0 Å². The van der Waals surface area contributed by atoms with E-state index in [0.717, 1.165) is 44.5 Å². The van der Waals surface area contributed by atoms with Gasteiger partial charge in [-0.25, -0.2) is 0 Å². The van der Waals surface area contributed by atoms with Crippen LogP contribution in [0.25, 0.3) is 72.8 Å². The molecule has 0 radical (unpaired) electrons. The van der Waals surface area contributed by atoms with Crippen LogP contribution in [0.2, 0.25) is 0 Å². The molecule has 0 atom stereocenters. The van der Waals surface area contributed by atoms with E-state index in [0.29, 0.717) is 17.5 Å². The van der Waals surface area contributed by atoms with E-state index >= 15 is 0 Å². The van der Waals surface area contributed by atoms with E-state index in [4.69, 9.17) is 15.0 Å². The fraction of sp³-hybridized carbons (Fsp3) is 0.0339. The van der Waals surface area contributed by atoms with E-state index in [1.54, 1.807) is 0 Å². The number of rotatable bonds is 9. The van der Waals surface area contributed by atoms with Gasteiger partial charge in [-0.1, -0.05) is 60.7 Å². The fourth-order valence-electron chi connectivity index (χ4n) is 9.50. The molecule has 0 aliphatic carbocycles. The zero-order chi connectivity index (χ0) is 43.0. The molecule has 64 heavy (non-hydrogen) atoms. The van der Waals surface area contributed by atoms with Crippen molar-refractivity contribution < 1.29 is 0 Å². The van der Waals surface area contributed by atoms with Crippen molar-refractivity contribution >= 4 is 52.7 Å². The molecule has 0 saturated carbocycles. The summed E-state index contributed by atoms with van der Waals surface area (Å²) in [4.78, 5) is 15.6. The molecule has 2 aromatic heterocycles. The Kier molecular flexibility index (Phi) is 10.1. The van der Waals surface area contributed by atoms with Crippen molar-refractivity contribution in [1.29, 1.82) is 0 Å². The van der Waals surface area contributed by atoms with Gasteiger partial charge in [0.2, 0.25) is 0 Å². The first-order chi connectivity index (χ1) is 31.5. The predicted octanol–water partition coefficient (Wildman–Crippen LogP) is 11.6. The van der Waals surface area contributed by atoms with Gasteiger partial charge < -0.3 is 0 Å². The SMILES string of the molecule is Cc1ccc2c(c1)c1cc(C)ccc1n2-c1cc(-c2cc[c]([Ge]([c]3ccccc3)([c]3ccccc3)[c]3ccccc3)cc2)ccc1-c1nc(-c2ccccc2)nc(-c2ccccc2)n1. The van der Waals surface area contributed by atoms with E-state index in [1.807, 2.05) is 36.4 Å². The van der Waals surface area contributed by atoms with Crippen LogP contribution in [0.1, 0.15) is 11.1 Å². The monoisotopic (exact) mass is 882 g/mol. The van der Waals surface area contributed by atoms with Gasteiger partial charge in [0.25, 0.3) is 0 Å². The molecule has 5 heteroatoms. The molecule has 304 valence electrons. The molecule has 0 aliphatic rings. The molecule has 0 fully saturated rings. The first kappa shape index (κ1) is 39.2. The van der Waals surface area contributed by atoms with E-state index < -0.39 is 13.3 Å².